The van der Waals surface area contributed by atoms with Crippen molar-refractivity contribution in [1.82, 2.24) is 25.5 Å². The SMILES string of the molecule is Cc1ccccc1NC(=O)Nc1ccc(CC(=O)N[C@@H](CCCCN(Cc2ccccn2)Cc2ccccn2)C(=O)N[C@@H](CC=O)c2ccc3c(c2)OCO3)cc1. The number of fused-ring (bicyclic) bond motifs is 1. The molecule has 4 N–H and O–H groups in total. The number of amides is 4. The molecule has 1 aliphatic rings. The van der Waals surface area contributed by atoms with Gasteiger partial charge in [0.2, 0.25) is 18.6 Å². The molecule has 0 saturated heterocycles. The Bertz CT molecular complexity index is 2060. The second kappa shape index (κ2) is 20.4. The van der Waals surface area contributed by atoms with Crippen LogP contribution >= 0.6 is 0 Å². The average molecular weight is 770 g/mol. The van der Waals surface area contributed by atoms with Crippen molar-refractivity contribution in [3.8, 4) is 11.5 Å². The highest BCUT2D eigenvalue weighted by Gasteiger charge is 2.26. The summed E-state index contributed by atoms with van der Waals surface area (Å²) in [5.74, 6) is 0.396. The minimum atomic E-state index is -0.869. The summed E-state index contributed by atoms with van der Waals surface area (Å²) in [6.07, 6.45) is 6.10. The Kier molecular flexibility index (Phi) is 14.3. The number of hydrogen-bond acceptors (Lipinski definition) is 9. The number of carbonyl (C=O) groups is 4. The number of anilines is 2. The third-order valence-corrected chi connectivity index (χ3v) is 9.51. The van der Waals surface area contributed by atoms with Crippen LogP contribution in [0.15, 0.2) is 116 Å². The Labute approximate surface area is 332 Å². The van der Waals surface area contributed by atoms with E-state index in [1.165, 1.54) is 0 Å². The molecule has 3 aromatic carbocycles. The fourth-order valence-electron chi connectivity index (χ4n) is 6.52. The van der Waals surface area contributed by atoms with Gasteiger partial charge in [-0.15, -0.1) is 0 Å². The van der Waals surface area contributed by atoms with Crippen LogP contribution in [0.2, 0.25) is 0 Å². The number of aryl methyl sites for hydroxylation is 1. The zero-order valence-electron chi connectivity index (χ0n) is 31.9. The predicted octanol–water partition coefficient (Wildman–Crippen LogP) is 6.50. The van der Waals surface area contributed by atoms with Gasteiger partial charge in [0.05, 0.1) is 23.9 Å². The van der Waals surface area contributed by atoms with Crippen LogP contribution in [0.5, 0.6) is 11.5 Å². The molecule has 0 saturated carbocycles. The highest BCUT2D eigenvalue weighted by atomic mass is 16.7. The van der Waals surface area contributed by atoms with E-state index in [4.69, 9.17) is 9.47 Å². The molecule has 5 aromatic rings. The van der Waals surface area contributed by atoms with Gasteiger partial charge in [-0.1, -0.05) is 48.5 Å². The molecule has 4 amide bonds. The van der Waals surface area contributed by atoms with E-state index in [9.17, 15) is 19.2 Å². The van der Waals surface area contributed by atoms with E-state index in [0.717, 1.165) is 29.7 Å². The number of carbonyl (C=O) groups excluding carboxylic acids is 4. The van der Waals surface area contributed by atoms with Gasteiger partial charge in [-0.2, -0.15) is 0 Å². The minimum absolute atomic E-state index is 0.0152. The monoisotopic (exact) mass is 769 g/mol. The summed E-state index contributed by atoms with van der Waals surface area (Å²) in [5.41, 5.74) is 5.49. The van der Waals surface area contributed by atoms with Crippen molar-refractivity contribution in [3.05, 3.63) is 144 Å². The first-order chi connectivity index (χ1) is 27.8. The number of ether oxygens (including phenoxy) is 2. The number of unbranched alkanes of at least 4 members (excludes halogenated alkanes) is 1. The Morgan fingerprint density at radius 1 is 0.789 bits per heavy atom. The van der Waals surface area contributed by atoms with Crippen molar-refractivity contribution >= 4 is 35.5 Å². The largest absolute Gasteiger partial charge is 0.454 e. The molecule has 1 aliphatic heterocycles. The van der Waals surface area contributed by atoms with Crippen molar-refractivity contribution in [2.24, 2.45) is 0 Å². The maximum absolute atomic E-state index is 14.0. The van der Waals surface area contributed by atoms with E-state index >= 15 is 0 Å². The third-order valence-electron chi connectivity index (χ3n) is 9.51. The minimum Gasteiger partial charge on any atom is -0.454 e. The molecule has 0 fully saturated rings. The van der Waals surface area contributed by atoms with Gasteiger partial charge in [0.25, 0.3) is 0 Å². The molecule has 3 heterocycles. The summed E-state index contributed by atoms with van der Waals surface area (Å²) in [4.78, 5) is 63.1. The number of nitrogens with zero attached hydrogens (tertiary/aromatic N) is 3. The molecule has 13 nitrogen and oxygen atoms in total. The summed E-state index contributed by atoms with van der Waals surface area (Å²) < 4.78 is 11.0. The van der Waals surface area contributed by atoms with Gasteiger partial charge >= 0.3 is 6.03 Å². The van der Waals surface area contributed by atoms with Crippen molar-refractivity contribution < 1.29 is 28.7 Å². The third kappa shape index (κ3) is 12.2. The van der Waals surface area contributed by atoms with E-state index in [2.05, 4.69) is 36.1 Å². The summed E-state index contributed by atoms with van der Waals surface area (Å²) in [5, 5.41) is 11.6. The Morgan fingerprint density at radius 2 is 1.49 bits per heavy atom. The van der Waals surface area contributed by atoms with E-state index in [0.29, 0.717) is 66.5 Å². The Balaban J connectivity index is 1.10. The molecular weight excluding hydrogens is 723 g/mol. The van der Waals surface area contributed by atoms with Crippen LogP contribution in [0.1, 0.15) is 59.8 Å². The molecule has 0 spiro atoms. The number of nitrogens with one attached hydrogen (secondary N) is 4. The molecule has 6 rings (SSSR count). The Hall–Kier alpha value is -6.60. The highest BCUT2D eigenvalue weighted by Crippen LogP contribution is 2.34. The van der Waals surface area contributed by atoms with Crippen molar-refractivity contribution in [2.45, 2.75) is 64.2 Å². The van der Waals surface area contributed by atoms with Gasteiger partial charge in [-0.25, -0.2) is 4.79 Å². The van der Waals surface area contributed by atoms with Crippen LogP contribution < -0.4 is 30.7 Å². The quantitative estimate of drug-likeness (QED) is 0.0542. The summed E-state index contributed by atoms with van der Waals surface area (Å²) in [6.45, 7) is 3.99. The number of hydrogen-bond donors (Lipinski definition) is 4. The second-order valence-corrected chi connectivity index (χ2v) is 13.8. The number of rotatable bonds is 19. The number of para-hydroxylation sites is 1. The van der Waals surface area contributed by atoms with Gasteiger partial charge in [0, 0.05) is 43.3 Å². The molecule has 13 heteroatoms. The number of aromatic nitrogens is 2. The second-order valence-electron chi connectivity index (χ2n) is 13.8. The first-order valence-electron chi connectivity index (χ1n) is 19.0. The first kappa shape index (κ1) is 40.1. The highest BCUT2D eigenvalue weighted by molar-refractivity contribution is 6.00. The van der Waals surface area contributed by atoms with Gasteiger partial charge in [-0.3, -0.25) is 24.5 Å². The molecule has 0 unspecified atom stereocenters. The molecule has 2 aromatic heterocycles. The van der Waals surface area contributed by atoms with E-state index in [1.807, 2.05) is 67.6 Å². The molecule has 2 atom stereocenters. The molecule has 0 aliphatic carbocycles. The number of aldehydes is 1. The molecular formula is C44H47N7O6. The summed E-state index contributed by atoms with van der Waals surface area (Å²) in [6, 6.07) is 29.6. The number of urea groups is 1. The topological polar surface area (TPSA) is 164 Å². The molecule has 294 valence electrons. The lowest BCUT2D eigenvalue weighted by Gasteiger charge is -2.24. The van der Waals surface area contributed by atoms with E-state index in [-0.39, 0.29) is 31.6 Å². The van der Waals surface area contributed by atoms with Gasteiger partial charge in [0.1, 0.15) is 12.3 Å². The number of benzene rings is 3. The van der Waals surface area contributed by atoms with E-state index in [1.54, 1.807) is 54.9 Å². The molecule has 0 bridgehead atoms. The molecule has 57 heavy (non-hydrogen) atoms. The predicted molar refractivity (Wildman–Crippen MR) is 216 cm³/mol. The van der Waals surface area contributed by atoms with Crippen LogP contribution in [0.3, 0.4) is 0 Å². The lowest BCUT2D eigenvalue weighted by Crippen LogP contribution is -2.48. The van der Waals surface area contributed by atoms with Crippen LogP contribution in [-0.4, -0.2) is 58.4 Å². The first-order valence-corrected chi connectivity index (χ1v) is 19.0. The number of pyridine rings is 2. The lowest BCUT2D eigenvalue weighted by molar-refractivity contribution is -0.129. The lowest BCUT2D eigenvalue weighted by atomic mass is 10.0. The van der Waals surface area contributed by atoms with Crippen LogP contribution in [-0.2, 0) is 33.9 Å². The Morgan fingerprint density at radius 3 is 2.18 bits per heavy atom. The maximum atomic E-state index is 14.0. The van der Waals surface area contributed by atoms with Crippen LogP contribution in [0, 0.1) is 6.92 Å². The molecule has 0 radical (unpaired) electrons. The fraction of sp³-hybridized carbons (Fsp3) is 0.273. The van der Waals surface area contributed by atoms with Crippen LogP contribution in [0.25, 0.3) is 0 Å². The van der Waals surface area contributed by atoms with Gasteiger partial charge in [0.15, 0.2) is 11.5 Å². The van der Waals surface area contributed by atoms with Crippen molar-refractivity contribution in [3.63, 3.8) is 0 Å². The van der Waals surface area contributed by atoms with Crippen LogP contribution in [0.4, 0.5) is 16.2 Å². The zero-order valence-corrected chi connectivity index (χ0v) is 31.9. The van der Waals surface area contributed by atoms with Crippen molar-refractivity contribution in [1.29, 1.82) is 0 Å². The fourth-order valence-corrected chi connectivity index (χ4v) is 6.52. The maximum Gasteiger partial charge on any atom is 0.323 e. The summed E-state index contributed by atoms with van der Waals surface area (Å²) >= 11 is 0. The van der Waals surface area contributed by atoms with Crippen molar-refractivity contribution in [2.75, 3.05) is 24.0 Å². The van der Waals surface area contributed by atoms with E-state index < -0.39 is 18.0 Å². The zero-order chi connectivity index (χ0) is 39.8. The van der Waals surface area contributed by atoms with Gasteiger partial charge < -0.3 is 35.5 Å². The normalized spacial score (nSPS) is 12.7. The summed E-state index contributed by atoms with van der Waals surface area (Å²) in [7, 11) is 0. The standard InChI is InChI=1S/C44H47N7O6/c1-31-10-2-3-13-37(31)50-44(55)47-34-18-15-32(16-19-34)26-42(53)48-39(43(54)49-38(21-25-52)33-17-20-40-41(27-33)57-30-56-40)14-6-9-24-51(28-35-11-4-7-22-45-35)29-36-12-5-8-23-46-36/h2-5,7-8,10-13,15-20,22-23,25,27,38-39H,6,9,14,21,24,26,28-30H2,1H3,(H,48,53)(H,49,54)(H2,47,50,55)/t38-,39-/m0/s1. The average Bonchev–Trinajstić information content (AvgIpc) is 3.69. The smallest absolute Gasteiger partial charge is 0.323 e. The van der Waals surface area contributed by atoms with Gasteiger partial charge in [-0.05, 0) is 104 Å².